The highest BCUT2D eigenvalue weighted by atomic mass is 16.7. The Balaban J connectivity index is 1.96. The summed E-state index contributed by atoms with van der Waals surface area (Å²) in [6, 6.07) is 1.51. The van der Waals surface area contributed by atoms with Crippen molar-refractivity contribution in [2.45, 2.75) is 122 Å². The number of cyclic esters (lactones) is 1. The Morgan fingerprint density at radius 2 is 1.43 bits per heavy atom. The third-order valence-corrected chi connectivity index (χ3v) is 11.2. The topological polar surface area (TPSA) is 247 Å². The normalized spacial score (nSPS) is 39.8. The molecule has 1 aromatic heterocycles. The molecular weight excluding hydrogens is 718 g/mol. The van der Waals surface area contributed by atoms with Gasteiger partial charge in [-0.25, -0.2) is 4.79 Å². The summed E-state index contributed by atoms with van der Waals surface area (Å²) in [6.45, 7) is 8.85. The minimum Gasteiger partial charge on any atom is -0.465 e. The van der Waals surface area contributed by atoms with Gasteiger partial charge < -0.3 is 48.1 Å². The first kappa shape index (κ1) is 40.5. The van der Waals surface area contributed by atoms with Crippen molar-refractivity contribution in [2.24, 2.45) is 17.3 Å². The average molecular weight is 764 g/mol. The van der Waals surface area contributed by atoms with Crippen molar-refractivity contribution in [2.75, 3.05) is 13.2 Å². The number of pyridine rings is 1. The standard InChI is InChI=1S/C36H45NO17/c1-15-16(2)31(44)53-28-25(43)29(51-20(6)41)35(14-47-17(3)38)30(52-21(7)42)26(49-18(4)39)24-27(50-19(5)40)36(35,34(28,9)46)54-33(24,8)13-48-32(45)23-12-37-11-10-22(15)23/h10-12,15-16,24-30,43,46H,13-14H2,1-9H3/t15-,16+,24-,25+,26-,27-,28+,29+,30-,33+,34+,35+,36+/m1/s1. The van der Waals surface area contributed by atoms with E-state index in [4.69, 9.17) is 37.9 Å². The van der Waals surface area contributed by atoms with E-state index >= 15 is 0 Å². The number of hydrogen-bond acceptors (Lipinski definition) is 18. The monoisotopic (exact) mass is 763 g/mol. The molecule has 1 spiro atoms. The van der Waals surface area contributed by atoms with Crippen molar-refractivity contribution in [3.63, 3.8) is 0 Å². The van der Waals surface area contributed by atoms with Gasteiger partial charge in [0, 0.05) is 47.0 Å². The molecule has 54 heavy (non-hydrogen) atoms. The van der Waals surface area contributed by atoms with Crippen LogP contribution < -0.4 is 0 Å². The first-order valence-corrected chi connectivity index (χ1v) is 17.3. The highest BCUT2D eigenvalue weighted by molar-refractivity contribution is 5.91. The Morgan fingerprint density at radius 1 is 0.852 bits per heavy atom. The van der Waals surface area contributed by atoms with Gasteiger partial charge in [0.2, 0.25) is 0 Å². The quantitative estimate of drug-likeness (QED) is 0.295. The van der Waals surface area contributed by atoms with Crippen molar-refractivity contribution in [3.05, 3.63) is 29.6 Å². The van der Waals surface area contributed by atoms with Crippen LogP contribution in [-0.2, 0) is 66.7 Å². The predicted octanol–water partition coefficient (Wildman–Crippen LogP) is 0.463. The minimum atomic E-state index is -2.77. The van der Waals surface area contributed by atoms with Crippen molar-refractivity contribution in [1.82, 2.24) is 4.98 Å². The summed E-state index contributed by atoms with van der Waals surface area (Å²) >= 11 is 0. The molecule has 3 fully saturated rings. The van der Waals surface area contributed by atoms with Crippen LogP contribution in [-0.4, -0.2) is 124 Å². The molecule has 2 aliphatic carbocycles. The van der Waals surface area contributed by atoms with Crippen LogP contribution in [0.5, 0.6) is 0 Å². The summed E-state index contributed by atoms with van der Waals surface area (Å²) in [6.07, 6.45) is -9.35. The lowest BCUT2D eigenvalue weighted by Gasteiger charge is -2.67. The zero-order valence-corrected chi connectivity index (χ0v) is 31.3. The maximum Gasteiger partial charge on any atom is 0.340 e. The van der Waals surface area contributed by atoms with Gasteiger partial charge in [0.25, 0.3) is 0 Å². The summed E-state index contributed by atoms with van der Waals surface area (Å²) in [7, 11) is 0. The Labute approximate surface area is 310 Å². The molecule has 5 rings (SSSR count). The molecule has 3 heterocycles. The Kier molecular flexibility index (Phi) is 10.6. The number of hydrogen-bond donors (Lipinski definition) is 2. The second-order valence-electron chi connectivity index (χ2n) is 14.8. The summed E-state index contributed by atoms with van der Waals surface area (Å²) in [4.78, 5) is 96.7. The van der Waals surface area contributed by atoms with E-state index in [-0.39, 0.29) is 5.56 Å². The van der Waals surface area contributed by atoms with E-state index in [9.17, 15) is 43.8 Å². The van der Waals surface area contributed by atoms with Crippen LogP contribution in [0.15, 0.2) is 18.5 Å². The molecule has 13 atom stereocenters. The Morgan fingerprint density at radius 3 is 2.00 bits per heavy atom. The van der Waals surface area contributed by atoms with Crippen molar-refractivity contribution in [1.29, 1.82) is 0 Å². The molecule has 0 unspecified atom stereocenters. The molecule has 18 nitrogen and oxygen atoms in total. The number of nitrogens with zero attached hydrogens (tertiary/aromatic N) is 1. The van der Waals surface area contributed by atoms with Gasteiger partial charge in [-0.15, -0.1) is 0 Å². The fourth-order valence-corrected chi connectivity index (χ4v) is 9.02. The molecular formula is C36H45NO17. The van der Waals surface area contributed by atoms with Crippen LogP contribution in [0.2, 0.25) is 0 Å². The number of rotatable bonds is 6. The van der Waals surface area contributed by atoms with Crippen LogP contribution in [0.25, 0.3) is 0 Å². The zero-order valence-electron chi connectivity index (χ0n) is 31.3. The number of aliphatic hydroxyl groups excluding tert-OH is 1. The number of esters is 7. The summed E-state index contributed by atoms with van der Waals surface area (Å²) in [5, 5.41) is 25.4. The molecule has 1 saturated heterocycles. The van der Waals surface area contributed by atoms with Gasteiger partial charge in [0.15, 0.2) is 17.8 Å². The van der Waals surface area contributed by atoms with Crippen molar-refractivity contribution < 1.29 is 81.7 Å². The van der Waals surface area contributed by atoms with Crippen molar-refractivity contribution >= 4 is 41.8 Å². The van der Waals surface area contributed by atoms with E-state index in [1.54, 1.807) is 6.92 Å². The van der Waals surface area contributed by atoms with Gasteiger partial charge in [-0.1, -0.05) is 13.8 Å². The summed E-state index contributed by atoms with van der Waals surface area (Å²) in [5.74, 6) is -10.3. The second-order valence-corrected chi connectivity index (χ2v) is 14.8. The number of ether oxygens (including phenoxy) is 8. The number of aromatic nitrogens is 1. The molecule has 296 valence electrons. The van der Waals surface area contributed by atoms with E-state index in [2.05, 4.69) is 4.98 Å². The van der Waals surface area contributed by atoms with E-state index in [1.807, 2.05) is 0 Å². The molecule has 2 saturated carbocycles. The van der Waals surface area contributed by atoms with Gasteiger partial charge in [-0.3, -0.25) is 33.8 Å². The maximum atomic E-state index is 14.1. The van der Waals surface area contributed by atoms with Crippen LogP contribution in [0.4, 0.5) is 0 Å². The van der Waals surface area contributed by atoms with Crippen LogP contribution in [0, 0.1) is 17.3 Å². The highest BCUT2D eigenvalue weighted by Gasteiger charge is 2.91. The lowest BCUT2D eigenvalue weighted by atomic mass is 9.45. The molecule has 1 aromatic rings. The fourth-order valence-electron chi connectivity index (χ4n) is 9.02. The molecule has 4 aliphatic rings. The molecule has 2 N–H and O–H groups in total. The largest absolute Gasteiger partial charge is 0.465 e. The van der Waals surface area contributed by atoms with E-state index in [1.165, 1.54) is 32.3 Å². The first-order chi connectivity index (χ1) is 25.1. The van der Waals surface area contributed by atoms with Crippen molar-refractivity contribution in [3.8, 4) is 0 Å². The van der Waals surface area contributed by atoms with Gasteiger partial charge >= 0.3 is 41.8 Å². The van der Waals surface area contributed by atoms with E-state index < -0.39 is 132 Å². The smallest absolute Gasteiger partial charge is 0.340 e. The summed E-state index contributed by atoms with van der Waals surface area (Å²) < 4.78 is 47.8. The SMILES string of the molecule is CC(=O)OC[C@]12[C@H](OC(C)=O)[C@H](OC(C)=O)[C@@H]3[C@@H](OC(C)=O)[C@@]14O[C@@]3(C)COC(=O)c1cnccc1[C@H](C)[C@H](C)C(=O)O[C@@H]([C@H](O)[C@@H]2OC(C)=O)[C@]4(C)O. The second kappa shape index (κ2) is 14.2. The lowest BCUT2D eigenvalue weighted by molar-refractivity contribution is -0.386. The van der Waals surface area contributed by atoms with Gasteiger partial charge in [-0.2, -0.15) is 0 Å². The van der Waals surface area contributed by atoms with Gasteiger partial charge in [-0.05, 0) is 31.4 Å². The van der Waals surface area contributed by atoms with Gasteiger partial charge in [0.1, 0.15) is 54.2 Å². The Hall–Kier alpha value is -4.68. The average Bonchev–Trinajstić information content (AvgIpc) is 3.29. The number of carbonyl (C=O) groups excluding carboxylic acids is 7. The maximum absolute atomic E-state index is 14.1. The van der Waals surface area contributed by atoms with Crippen LogP contribution >= 0.6 is 0 Å². The summed E-state index contributed by atoms with van der Waals surface area (Å²) in [5.41, 5.74) is -9.71. The zero-order chi connectivity index (χ0) is 40.3. The number of carbonyl (C=O) groups is 7. The van der Waals surface area contributed by atoms with E-state index in [0.717, 1.165) is 41.5 Å². The molecule has 0 amide bonds. The molecule has 2 aliphatic heterocycles. The predicted molar refractivity (Wildman–Crippen MR) is 176 cm³/mol. The molecule has 0 radical (unpaired) electrons. The minimum absolute atomic E-state index is 0.0262. The van der Waals surface area contributed by atoms with E-state index in [0.29, 0.717) is 5.56 Å². The number of fused-ring (bicyclic) bond motifs is 5. The van der Waals surface area contributed by atoms with Gasteiger partial charge in [0.05, 0.1) is 17.4 Å². The van der Waals surface area contributed by atoms with Crippen LogP contribution in [0.1, 0.15) is 84.2 Å². The third kappa shape index (κ3) is 6.17. The van der Waals surface area contributed by atoms with Crippen LogP contribution in [0.3, 0.4) is 0 Å². The third-order valence-electron chi connectivity index (χ3n) is 11.2. The number of aliphatic hydroxyl groups is 2. The molecule has 4 bridgehead atoms. The Bertz CT molecular complexity index is 1740. The highest BCUT2D eigenvalue weighted by Crippen LogP contribution is 2.70. The molecule has 0 aromatic carbocycles. The first-order valence-electron chi connectivity index (χ1n) is 17.3. The fraction of sp³-hybridized carbons (Fsp3) is 0.667. The lowest BCUT2D eigenvalue weighted by Crippen LogP contribution is -2.89. The molecule has 18 heteroatoms.